The number of nitriles is 1. The number of carboxylic acids is 1. The summed E-state index contributed by atoms with van der Waals surface area (Å²) in [5.41, 5.74) is 3.33. The van der Waals surface area contributed by atoms with E-state index in [0.29, 0.717) is 11.3 Å². The molecule has 3 aromatic rings. The van der Waals surface area contributed by atoms with Gasteiger partial charge in [0.05, 0.1) is 17.2 Å². The average Bonchev–Trinajstić information content (AvgIpc) is 2.72. The fraction of sp³-hybridized carbons (Fsp3) is 0.0435. The highest BCUT2D eigenvalue weighted by molar-refractivity contribution is 9.10. The third kappa shape index (κ3) is 5.09. The molecule has 0 heterocycles. The highest BCUT2D eigenvalue weighted by Gasteiger charge is 2.04. The molecular formula is C23H16BrNO3. The highest BCUT2D eigenvalue weighted by atomic mass is 79.9. The van der Waals surface area contributed by atoms with Crippen LogP contribution in [-0.4, -0.2) is 11.1 Å². The summed E-state index contributed by atoms with van der Waals surface area (Å²) in [5, 5.41) is 18.5. The van der Waals surface area contributed by atoms with Crippen molar-refractivity contribution in [3.8, 4) is 11.8 Å². The van der Waals surface area contributed by atoms with Gasteiger partial charge in [0.1, 0.15) is 12.4 Å². The number of rotatable bonds is 6. The van der Waals surface area contributed by atoms with E-state index in [4.69, 9.17) is 9.84 Å². The summed E-state index contributed by atoms with van der Waals surface area (Å²) in [7, 11) is 0. The van der Waals surface area contributed by atoms with Crippen molar-refractivity contribution >= 4 is 33.5 Å². The Labute approximate surface area is 171 Å². The minimum Gasteiger partial charge on any atom is -0.489 e. The molecular weight excluding hydrogens is 418 g/mol. The van der Waals surface area contributed by atoms with Gasteiger partial charge >= 0.3 is 5.97 Å². The van der Waals surface area contributed by atoms with E-state index in [9.17, 15) is 10.1 Å². The summed E-state index contributed by atoms with van der Waals surface area (Å²) in [6.45, 7) is 0.276. The molecule has 138 valence electrons. The van der Waals surface area contributed by atoms with E-state index in [1.54, 1.807) is 18.2 Å². The number of ether oxygens (including phenoxy) is 1. The summed E-state index contributed by atoms with van der Waals surface area (Å²) >= 11 is 3.39. The summed E-state index contributed by atoms with van der Waals surface area (Å²) < 4.78 is 6.69. The highest BCUT2D eigenvalue weighted by Crippen LogP contribution is 2.22. The Morgan fingerprint density at radius 2 is 1.75 bits per heavy atom. The number of halogens is 1. The van der Waals surface area contributed by atoms with Crippen LogP contribution in [0.1, 0.15) is 27.0 Å². The molecule has 5 heteroatoms. The lowest BCUT2D eigenvalue weighted by Gasteiger charge is -2.07. The molecule has 0 radical (unpaired) electrons. The number of carboxylic acid groups (broad SMARTS) is 1. The zero-order valence-corrected chi connectivity index (χ0v) is 16.4. The van der Waals surface area contributed by atoms with Crippen LogP contribution in [0.3, 0.4) is 0 Å². The van der Waals surface area contributed by atoms with Gasteiger partial charge in [-0.3, -0.25) is 0 Å². The van der Waals surface area contributed by atoms with Gasteiger partial charge in [-0.2, -0.15) is 5.26 Å². The predicted molar refractivity (Wildman–Crippen MR) is 112 cm³/mol. The Morgan fingerprint density at radius 3 is 2.39 bits per heavy atom. The Morgan fingerprint density at radius 1 is 1.04 bits per heavy atom. The zero-order valence-electron chi connectivity index (χ0n) is 14.8. The van der Waals surface area contributed by atoms with Gasteiger partial charge in [-0.1, -0.05) is 52.3 Å². The Balaban J connectivity index is 1.69. The summed E-state index contributed by atoms with van der Waals surface area (Å²) in [4.78, 5) is 11.0. The molecule has 0 saturated heterocycles. The van der Waals surface area contributed by atoms with Crippen molar-refractivity contribution in [2.45, 2.75) is 6.61 Å². The molecule has 0 fully saturated rings. The number of carbonyl (C=O) groups is 1. The number of benzene rings is 3. The predicted octanol–water partition coefficient (Wildman–Crippen LogP) is 5.79. The number of hydrogen-bond acceptors (Lipinski definition) is 3. The molecule has 0 unspecified atom stereocenters. The molecule has 0 bridgehead atoms. The second kappa shape index (κ2) is 9.03. The smallest absolute Gasteiger partial charge is 0.335 e. The van der Waals surface area contributed by atoms with Crippen LogP contribution >= 0.6 is 15.9 Å². The van der Waals surface area contributed by atoms with E-state index in [2.05, 4.69) is 22.0 Å². The minimum atomic E-state index is -0.961. The molecule has 0 amide bonds. The van der Waals surface area contributed by atoms with Gasteiger partial charge in [-0.25, -0.2) is 4.79 Å². The number of allylic oxidation sites excluding steroid dienone is 1. The van der Waals surface area contributed by atoms with Crippen LogP contribution in [0.15, 0.2) is 77.3 Å². The van der Waals surface area contributed by atoms with Crippen molar-refractivity contribution in [2.24, 2.45) is 0 Å². The first-order chi connectivity index (χ1) is 13.5. The average molecular weight is 434 g/mol. The van der Waals surface area contributed by atoms with Crippen molar-refractivity contribution < 1.29 is 14.6 Å². The topological polar surface area (TPSA) is 70.3 Å². The number of hydrogen-bond donors (Lipinski definition) is 1. The first kappa shape index (κ1) is 19.4. The molecule has 3 aromatic carbocycles. The van der Waals surface area contributed by atoms with Crippen LogP contribution in [0, 0.1) is 11.3 Å². The molecule has 0 atom stereocenters. The molecule has 1 N–H and O–H groups in total. The van der Waals surface area contributed by atoms with Gasteiger partial charge in [0, 0.05) is 4.47 Å². The lowest BCUT2D eigenvalue weighted by atomic mass is 10.0. The van der Waals surface area contributed by atoms with E-state index in [1.165, 1.54) is 0 Å². The van der Waals surface area contributed by atoms with Crippen molar-refractivity contribution in [1.82, 2.24) is 0 Å². The maximum atomic E-state index is 11.0. The molecule has 0 saturated carbocycles. The van der Waals surface area contributed by atoms with Crippen molar-refractivity contribution in [2.75, 3.05) is 0 Å². The third-order valence-electron chi connectivity index (χ3n) is 4.05. The number of nitrogens with zero attached hydrogens (tertiary/aromatic N) is 1. The summed E-state index contributed by atoms with van der Waals surface area (Å²) in [6, 6.07) is 23.9. The zero-order chi connectivity index (χ0) is 19.9. The second-order valence-corrected chi connectivity index (χ2v) is 6.96. The van der Waals surface area contributed by atoms with E-state index >= 15 is 0 Å². The van der Waals surface area contributed by atoms with Gasteiger partial charge in [0.2, 0.25) is 0 Å². The minimum absolute atomic E-state index is 0.235. The largest absolute Gasteiger partial charge is 0.489 e. The van der Waals surface area contributed by atoms with Crippen LogP contribution < -0.4 is 4.74 Å². The SMILES string of the molecule is N#CC(=Cc1ccc(OCc2cccc(C(=O)O)c2)cc1)c1ccc(Br)cc1. The van der Waals surface area contributed by atoms with Crippen molar-refractivity contribution in [3.63, 3.8) is 0 Å². The normalized spacial score (nSPS) is 10.9. The van der Waals surface area contributed by atoms with E-state index in [1.807, 2.05) is 60.7 Å². The van der Waals surface area contributed by atoms with Crippen molar-refractivity contribution in [3.05, 3.63) is 99.5 Å². The molecule has 0 aromatic heterocycles. The van der Waals surface area contributed by atoms with Crippen LogP contribution in [0.5, 0.6) is 5.75 Å². The van der Waals surface area contributed by atoms with E-state index in [-0.39, 0.29) is 12.2 Å². The quantitative estimate of drug-likeness (QED) is 0.394. The Bertz CT molecular complexity index is 1050. The van der Waals surface area contributed by atoms with Gasteiger partial charge in [0.25, 0.3) is 0 Å². The molecule has 4 nitrogen and oxygen atoms in total. The maximum Gasteiger partial charge on any atom is 0.335 e. The van der Waals surface area contributed by atoms with Gasteiger partial charge < -0.3 is 9.84 Å². The fourth-order valence-electron chi connectivity index (χ4n) is 2.60. The Kier molecular flexibility index (Phi) is 6.25. The summed E-state index contributed by atoms with van der Waals surface area (Å²) in [6.07, 6.45) is 1.82. The van der Waals surface area contributed by atoms with Crippen LogP contribution in [0.4, 0.5) is 0 Å². The molecule has 0 aliphatic rings. The lowest BCUT2D eigenvalue weighted by Crippen LogP contribution is -2.00. The molecule has 28 heavy (non-hydrogen) atoms. The van der Waals surface area contributed by atoms with Crippen molar-refractivity contribution in [1.29, 1.82) is 5.26 Å². The van der Waals surface area contributed by atoms with E-state index in [0.717, 1.165) is 21.2 Å². The monoisotopic (exact) mass is 433 g/mol. The van der Waals surface area contributed by atoms with Crippen LogP contribution in [0.2, 0.25) is 0 Å². The fourth-order valence-corrected chi connectivity index (χ4v) is 2.86. The number of aromatic carboxylic acids is 1. The third-order valence-corrected chi connectivity index (χ3v) is 4.57. The van der Waals surface area contributed by atoms with E-state index < -0.39 is 5.97 Å². The van der Waals surface area contributed by atoms with Gasteiger partial charge in [0.15, 0.2) is 0 Å². The summed E-state index contributed by atoms with van der Waals surface area (Å²) in [5.74, 6) is -0.294. The molecule has 0 aliphatic heterocycles. The first-order valence-corrected chi connectivity index (χ1v) is 9.27. The molecule has 3 rings (SSSR count). The molecule has 0 spiro atoms. The van der Waals surface area contributed by atoms with Gasteiger partial charge in [-0.05, 0) is 59.2 Å². The Hall–Kier alpha value is -3.36. The van der Waals surface area contributed by atoms with Gasteiger partial charge in [-0.15, -0.1) is 0 Å². The van der Waals surface area contributed by atoms with Crippen LogP contribution in [-0.2, 0) is 6.61 Å². The standard InChI is InChI=1S/C23H16BrNO3/c24-21-8-6-18(7-9-21)20(14-25)12-16-4-10-22(11-5-16)28-15-17-2-1-3-19(13-17)23(26)27/h1-13H,15H2,(H,26,27). The van der Waals surface area contributed by atoms with Crippen LogP contribution in [0.25, 0.3) is 11.6 Å². The molecule has 0 aliphatic carbocycles. The second-order valence-electron chi connectivity index (χ2n) is 6.04. The maximum absolute atomic E-state index is 11.0. The first-order valence-electron chi connectivity index (χ1n) is 8.48. The lowest BCUT2D eigenvalue weighted by molar-refractivity contribution is 0.0696.